The SMILES string of the molecule is Cn1c2cccc3c4cccc5c6c7ccccc7sc6n(c6cccc1c6c32)c45. The van der Waals surface area contributed by atoms with Crippen LogP contribution in [-0.4, -0.2) is 8.97 Å². The monoisotopic (exact) mass is 400 g/mol. The van der Waals surface area contributed by atoms with Crippen molar-refractivity contribution in [2.45, 2.75) is 0 Å². The highest BCUT2D eigenvalue weighted by Crippen LogP contribution is 2.46. The average Bonchev–Trinajstić information content (AvgIpc) is 3.38. The maximum atomic E-state index is 2.53. The van der Waals surface area contributed by atoms with Gasteiger partial charge in [0.25, 0.3) is 0 Å². The zero-order valence-corrected chi connectivity index (χ0v) is 17.1. The van der Waals surface area contributed by atoms with Crippen molar-refractivity contribution in [1.82, 2.24) is 8.97 Å². The maximum Gasteiger partial charge on any atom is 0.109 e. The first-order valence-electron chi connectivity index (χ1n) is 10.3. The van der Waals surface area contributed by atoms with E-state index in [0.717, 1.165) is 0 Å². The molecule has 0 spiro atoms. The number of rotatable bonds is 0. The summed E-state index contributed by atoms with van der Waals surface area (Å²) in [6.45, 7) is 0. The second kappa shape index (κ2) is 4.94. The predicted octanol–water partition coefficient (Wildman–Crippen LogP) is 7.70. The molecule has 0 atom stereocenters. The van der Waals surface area contributed by atoms with Gasteiger partial charge in [-0.3, -0.25) is 4.40 Å². The number of thiophene rings is 1. The molecule has 0 saturated carbocycles. The lowest BCUT2D eigenvalue weighted by Crippen LogP contribution is -1.88. The van der Waals surface area contributed by atoms with Gasteiger partial charge in [0.2, 0.25) is 0 Å². The number of hydrogen-bond acceptors (Lipinski definition) is 1. The topological polar surface area (TPSA) is 9.34 Å². The van der Waals surface area contributed by atoms with Crippen LogP contribution in [0.2, 0.25) is 0 Å². The summed E-state index contributed by atoms with van der Waals surface area (Å²) in [5, 5.41) is 9.49. The van der Waals surface area contributed by atoms with E-state index < -0.39 is 0 Å². The Hall–Kier alpha value is -3.56. The zero-order chi connectivity index (χ0) is 19.6. The first kappa shape index (κ1) is 15.3. The molecule has 4 heterocycles. The van der Waals surface area contributed by atoms with Crippen LogP contribution in [0.15, 0.2) is 78.9 Å². The fourth-order valence-corrected chi connectivity index (χ4v) is 6.91. The molecule has 4 aromatic carbocycles. The fourth-order valence-electron chi connectivity index (χ4n) is 5.67. The third kappa shape index (κ3) is 1.54. The Morgan fingerprint density at radius 3 is 2.17 bits per heavy atom. The Morgan fingerprint density at radius 1 is 0.567 bits per heavy atom. The van der Waals surface area contributed by atoms with Gasteiger partial charge >= 0.3 is 0 Å². The van der Waals surface area contributed by atoms with E-state index in [1.54, 1.807) is 0 Å². The lowest BCUT2D eigenvalue weighted by molar-refractivity contribution is 1.01. The summed E-state index contributed by atoms with van der Waals surface area (Å²) in [5.41, 5.74) is 5.22. The number of benzene rings is 4. The summed E-state index contributed by atoms with van der Waals surface area (Å²) < 4.78 is 6.23. The van der Waals surface area contributed by atoms with Gasteiger partial charge in [-0.05, 0) is 29.7 Å². The molecule has 3 heteroatoms. The largest absolute Gasteiger partial charge is 0.344 e. The number of aromatic nitrogens is 2. The van der Waals surface area contributed by atoms with Crippen LogP contribution in [0.3, 0.4) is 0 Å². The van der Waals surface area contributed by atoms with Crippen molar-refractivity contribution in [3.05, 3.63) is 78.9 Å². The minimum Gasteiger partial charge on any atom is -0.344 e. The van der Waals surface area contributed by atoms with E-state index in [9.17, 15) is 0 Å². The van der Waals surface area contributed by atoms with E-state index in [1.807, 2.05) is 11.3 Å². The second-order valence-corrected chi connectivity index (χ2v) is 9.28. The summed E-state index contributed by atoms with van der Waals surface area (Å²) in [5.74, 6) is 0. The van der Waals surface area contributed by atoms with Crippen molar-refractivity contribution < 1.29 is 0 Å². The lowest BCUT2D eigenvalue weighted by atomic mass is 10.0. The third-order valence-corrected chi connectivity index (χ3v) is 8.03. The van der Waals surface area contributed by atoms with E-state index >= 15 is 0 Å². The highest BCUT2D eigenvalue weighted by Gasteiger charge is 2.21. The molecule has 8 aromatic rings. The minimum atomic E-state index is 1.29. The van der Waals surface area contributed by atoms with Crippen LogP contribution in [0.4, 0.5) is 0 Å². The molecule has 0 fully saturated rings. The summed E-state index contributed by atoms with van der Waals surface area (Å²) in [6.07, 6.45) is 0. The van der Waals surface area contributed by atoms with Gasteiger partial charge in [0.05, 0.1) is 16.6 Å². The van der Waals surface area contributed by atoms with Crippen molar-refractivity contribution in [2.24, 2.45) is 7.05 Å². The van der Waals surface area contributed by atoms with Crippen LogP contribution in [0.1, 0.15) is 0 Å². The van der Waals surface area contributed by atoms with E-state index in [4.69, 9.17) is 0 Å². The molecule has 0 N–H and O–H groups in total. The smallest absolute Gasteiger partial charge is 0.109 e. The van der Waals surface area contributed by atoms with Crippen LogP contribution in [0.5, 0.6) is 0 Å². The van der Waals surface area contributed by atoms with Gasteiger partial charge in [0.1, 0.15) is 4.83 Å². The molecule has 8 rings (SSSR count). The quantitative estimate of drug-likeness (QED) is 0.247. The number of fused-ring (bicyclic) bond motifs is 7. The van der Waals surface area contributed by atoms with E-state index in [2.05, 4.69) is 94.9 Å². The molecule has 0 aliphatic rings. The van der Waals surface area contributed by atoms with Crippen LogP contribution in [0.25, 0.3) is 69.3 Å². The highest BCUT2D eigenvalue weighted by molar-refractivity contribution is 7.25. The average molecular weight is 401 g/mol. The molecule has 30 heavy (non-hydrogen) atoms. The van der Waals surface area contributed by atoms with Crippen molar-refractivity contribution >= 4 is 80.6 Å². The first-order valence-corrected chi connectivity index (χ1v) is 11.1. The van der Waals surface area contributed by atoms with Gasteiger partial charge in [-0.1, -0.05) is 54.6 Å². The molecule has 0 saturated heterocycles. The van der Waals surface area contributed by atoms with Gasteiger partial charge in [-0.25, -0.2) is 0 Å². The molecule has 0 aliphatic carbocycles. The molecular weight excluding hydrogens is 384 g/mol. The number of para-hydroxylation sites is 1. The number of nitrogens with zero attached hydrogens (tertiary/aromatic N) is 2. The van der Waals surface area contributed by atoms with E-state index in [-0.39, 0.29) is 0 Å². The summed E-state index contributed by atoms with van der Waals surface area (Å²) in [4.78, 5) is 1.34. The standard InChI is InChI=1S/C27H16N2S/c1-28-19-11-5-8-15-16-9-4-10-18-23-17-7-2-3-14-22(17)30-27(23)29(26(16)18)21-13-6-12-20(28)25(21)24(15)19/h2-14H,1H3. The van der Waals surface area contributed by atoms with Gasteiger partial charge in [-0.15, -0.1) is 11.3 Å². The Kier molecular flexibility index (Phi) is 2.52. The molecule has 0 unspecified atom stereocenters. The van der Waals surface area contributed by atoms with Crippen molar-refractivity contribution in [3.63, 3.8) is 0 Å². The van der Waals surface area contributed by atoms with Gasteiger partial charge in [-0.2, -0.15) is 0 Å². The first-order chi connectivity index (χ1) is 14.8. The summed E-state index contributed by atoms with van der Waals surface area (Å²) in [6, 6.07) is 29.1. The van der Waals surface area contributed by atoms with Gasteiger partial charge < -0.3 is 4.57 Å². The van der Waals surface area contributed by atoms with E-state index in [0.29, 0.717) is 0 Å². The fraction of sp³-hybridized carbons (Fsp3) is 0.0370. The molecular formula is C27H16N2S. The third-order valence-electron chi connectivity index (χ3n) is 6.88. The maximum absolute atomic E-state index is 2.53. The van der Waals surface area contributed by atoms with Gasteiger partial charge in [0.15, 0.2) is 0 Å². The number of hydrogen-bond donors (Lipinski definition) is 0. The number of aryl methyl sites for hydroxylation is 1. The Bertz CT molecular complexity index is 1960. The van der Waals surface area contributed by atoms with Crippen LogP contribution >= 0.6 is 11.3 Å². The summed E-state index contributed by atoms with van der Waals surface area (Å²) >= 11 is 1.91. The van der Waals surface area contributed by atoms with Crippen LogP contribution in [-0.2, 0) is 7.05 Å². The predicted molar refractivity (Wildman–Crippen MR) is 130 cm³/mol. The van der Waals surface area contributed by atoms with Crippen LogP contribution in [0, 0.1) is 0 Å². The molecule has 0 radical (unpaired) electrons. The molecule has 4 aromatic heterocycles. The molecule has 2 nitrogen and oxygen atoms in total. The molecule has 0 amide bonds. The van der Waals surface area contributed by atoms with Crippen LogP contribution < -0.4 is 0 Å². The van der Waals surface area contributed by atoms with E-state index in [1.165, 1.54) is 69.3 Å². The van der Waals surface area contributed by atoms with Crippen molar-refractivity contribution in [2.75, 3.05) is 0 Å². The Morgan fingerprint density at radius 2 is 1.23 bits per heavy atom. The van der Waals surface area contributed by atoms with Gasteiger partial charge in [0, 0.05) is 49.6 Å². The molecule has 140 valence electrons. The van der Waals surface area contributed by atoms with Crippen molar-refractivity contribution in [3.8, 4) is 0 Å². The Labute approximate surface area is 175 Å². The Balaban J connectivity index is 1.89. The highest BCUT2D eigenvalue weighted by atomic mass is 32.1. The second-order valence-electron chi connectivity index (χ2n) is 8.25. The minimum absolute atomic E-state index is 1.29. The molecule has 0 bridgehead atoms. The zero-order valence-electron chi connectivity index (χ0n) is 16.3. The molecule has 0 aliphatic heterocycles. The van der Waals surface area contributed by atoms with Crippen molar-refractivity contribution in [1.29, 1.82) is 0 Å². The summed E-state index contributed by atoms with van der Waals surface area (Å²) in [7, 11) is 2.19. The normalized spacial score (nSPS) is 12.8. The lowest BCUT2D eigenvalue weighted by Gasteiger charge is -2.03.